The minimum absolute atomic E-state index is 0.839. The molecule has 4 aromatic rings. The molecule has 0 radical (unpaired) electrons. The second-order valence-corrected chi connectivity index (χ2v) is 42.1. The Morgan fingerprint density at radius 2 is 0.879 bits per heavy atom. The number of rotatable bonds is 6. The van der Waals surface area contributed by atoms with Crippen molar-refractivity contribution < 1.29 is 0 Å². The maximum atomic E-state index is 6.98. The number of benzene rings is 4. The van der Waals surface area contributed by atoms with Gasteiger partial charge >= 0.3 is 11.0 Å². The SMILES string of the molecule is Cl[Si](Cl)(Cl)[Si](c1ccccc1)(c1cccc(-c2ccccc2)c1-c1ccccc1)[Si](Cl)(Cl)Cl. The molecule has 0 aromatic heterocycles. The van der Waals surface area contributed by atoms with E-state index in [2.05, 4.69) is 30.3 Å². The summed E-state index contributed by atoms with van der Waals surface area (Å²) in [5.41, 5.74) is -3.23. The van der Waals surface area contributed by atoms with E-state index in [0.717, 1.165) is 32.6 Å². The van der Waals surface area contributed by atoms with Gasteiger partial charge in [-0.2, -0.15) is 0 Å². The van der Waals surface area contributed by atoms with Gasteiger partial charge in [-0.1, -0.05) is 114 Å². The Bertz CT molecular complexity index is 1210. The molecular formula is C24H18Cl6Si3. The quantitative estimate of drug-likeness (QED) is 0.155. The van der Waals surface area contributed by atoms with Crippen LogP contribution in [0.1, 0.15) is 0 Å². The van der Waals surface area contributed by atoms with Gasteiger partial charge in [0, 0.05) is 0 Å². The maximum absolute atomic E-state index is 6.98. The first-order valence-corrected chi connectivity index (χ1v) is 24.2. The number of halogens is 6. The molecule has 4 aromatic carbocycles. The first-order valence-electron chi connectivity index (χ1n) is 10.1. The van der Waals surface area contributed by atoms with E-state index in [0.29, 0.717) is 0 Å². The van der Waals surface area contributed by atoms with Gasteiger partial charge in [-0.15, -0.1) is 66.5 Å². The van der Waals surface area contributed by atoms with E-state index in [1.165, 1.54) is 0 Å². The number of hydrogen-bond donors (Lipinski definition) is 0. The normalized spacial score (nSPS) is 12.5. The highest BCUT2D eigenvalue weighted by atomic mass is 35.9. The Kier molecular flexibility index (Phi) is 7.76. The summed E-state index contributed by atoms with van der Waals surface area (Å²) >= 11 is 41.9. The monoisotopic (exact) mass is 600 g/mol. The van der Waals surface area contributed by atoms with Crippen molar-refractivity contribution in [3.8, 4) is 22.3 Å². The molecule has 0 amide bonds. The topological polar surface area (TPSA) is 0 Å². The molecule has 0 saturated heterocycles. The van der Waals surface area contributed by atoms with Crippen LogP contribution in [0.5, 0.6) is 0 Å². The van der Waals surface area contributed by atoms with E-state index in [1.54, 1.807) is 0 Å². The minimum Gasteiger partial charge on any atom is -0.129 e. The second-order valence-electron chi connectivity index (χ2n) is 7.57. The van der Waals surface area contributed by atoms with Gasteiger partial charge in [0.1, 0.15) is 0 Å². The predicted octanol–water partition coefficient (Wildman–Crippen LogP) is 8.05. The van der Waals surface area contributed by atoms with Crippen LogP contribution in [0.2, 0.25) is 0 Å². The van der Waals surface area contributed by atoms with Crippen LogP contribution < -0.4 is 10.4 Å². The Morgan fingerprint density at radius 3 is 1.36 bits per heavy atom. The molecule has 0 fully saturated rings. The zero-order valence-electron chi connectivity index (χ0n) is 17.2. The third kappa shape index (κ3) is 4.73. The summed E-state index contributed by atoms with van der Waals surface area (Å²) in [6.07, 6.45) is 0. The van der Waals surface area contributed by atoms with E-state index in [1.807, 2.05) is 78.9 Å². The highest BCUT2D eigenvalue weighted by Crippen LogP contribution is 2.45. The molecule has 0 heterocycles. The zero-order chi connectivity index (χ0) is 23.7. The smallest absolute Gasteiger partial charge is 0.129 e. The molecule has 0 spiro atoms. The van der Waals surface area contributed by atoms with Crippen molar-refractivity contribution in [2.24, 2.45) is 0 Å². The Hall–Kier alpha value is -0.729. The third-order valence-corrected chi connectivity index (χ3v) is 48.9. The van der Waals surface area contributed by atoms with Crippen molar-refractivity contribution in [2.45, 2.75) is 0 Å². The van der Waals surface area contributed by atoms with Gasteiger partial charge in [-0.05, 0) is 27.4 Å². The summed E-state index contributed by atoms with van der Waals surface area (Å²) in [4.78, 5) is 0. The van der Waals surface area contributed by atoms with Crippen molar-refractivity contribution >= 4 is 95.0 Å². The largest absolute Gasteiger partial charge is 0.336 e. The summed E-state index contributed by atoms with van der Waals surface area (Å²) in [5.74, 6) is 0. The average Bonchev–Trinajstić information content (AvgIpc) is 2.79. The molecule has 9 heteroatoms. The molecule has 0 saturated carbocycles. The fraction of sp³-hybridized carbons (Fsp3) is 0. The Morgan fingerprint density at radius 1 is 0.424 bits per heavy atom. The summed E-state index contributed by atoms with van der Waals surface area (Å²) in [6, 6.07) is 35.9. The van der Waals surface area contributed by atoms with Crippen molar-refractivity contribution in [3.63, 3.8) is 0 Å². The Balaban J connectivity index is 2.21. The van der Waals surface area contributed by atoms with E-state index in [4.69, 9.17) is 66.5 Å². The molecular weight excluding hydrogens is 585 g/mol. The van der Waals surface area contributed by atoms with E-state index >= 15 is 0 Å². The second kappa shape index (κ2) is 10.1. The number of hydrogen-bond acceptors (Lipinski definition) is 0. The average molecular weight is 603 g/mol. The van der Waals surface area contributed by atoms with Crippen LogP contribution in [-0.2, 0) is 0 Å². The zero-order valence-corrected chi connectivity index (χ0v) is 24.7. The lowest BCUT2D eigenvalue weighted by molar-refractivity contribution is 1.60. The molecule has 33 heavy (non-hydrogen) atoms. The van der Waals surface area contributed by atoms with E-state index < -0.39 is 18.2 Å². The maximum Gasteiger partial charge on any atom is 0.336 e. The lowest BCUT2D eigenvalue weighted by Crippen LogP contribution is -2.80. The minimum atomic E-state index is -3.62. The summed E-state index contributed by atoms with van der Waals surface area (Å²) < 4.78 is 0. The first-order chi connectivity index (χ1) is 15.7. The first kappa shape index (κ1) is 25.4. The van der Waals surface area contributed by atoms with Crippen LogP contribution in [0.4, 0.5) is 0 Å². The lowest BCUT2D eigenvalue weighted by atomic mass is 9.94. The molecule has 4 rings (SSSR count). The van der Waals surface area contributed by atoms with Crippen LogP contribution >= 0.6 is 66.5 Å². The van der Waals surface area contributed by atoms with Crippen LogP contribution in [0.15, 0.2) is 109 Å². The standard InChI is InChI=1S/C24H18Cl6Si3/c25-32(26,27)31(33(28,29)30,21-15-8-3-9-16-21)23-18-10-17-22(19-11-4-1-5-12-19)24(23)20-13-6-2-7-14-20/h1-18H. The van der Waals surface area contributed by atoms with Gasteiger partial charge in [0.25, 0.3) is 0 Å². The summed E-state index contributed by atoms with van der Waals surface area (Å²) in [6.45, 7) is 0. The molecule has 0 atom stereocenters. The molecule has 0 bridgehead atoms. The fourth-order valence-electron chi connectivity index (χ4n) is 4.28. The molecule has 0 aliphatic carbocycles. The van der Waals surface area contributed by atoms with Gasteiger partial charge in [0.05, 0.1) is 0 Å². The highest BCUT2D eigenvalue weighted by molar-refractivity contribution is 8.15. The van der Waals surface area contributed by atoms with Crippen LogP contribution in [0.25, 0.3) is 22.3 Å². The highest BCUT2D eigenvalue weighted by Gasteiger charge is 2.70. The summed E-state index contributed by atoms with van der Waals surface area (Å²) in [7, 11) is -3.47. The predicted molar refractivity (Wildman–Crippen MR) is 155 cm³/mol. The van der Waals surface area contributed by atoms with E-state index in [9.17, 15) is 0 Å². The van der Waals surface area contributed by atoms with Gasteiger partial charge in [-0.25, -0.2) is 0 Å². The third-order valence-electron chi connectivity index (χ3n) is 5.67. The molecule has 0 nitrogen and oxygen atoms in total. The van der Waals surface area contributed by atoms with E-state index in [-0.39, 0.29) is 0 Å². The van der Waals surface area contributed by atoms with Gasteiger partial charge in [0.2, 0.25) is 7.11 Å². The van der Waals surface area contributed by atoms with Crippen molar-refractivity contribution in [2.75, 3.05) is 0 Å². The Labute approximate surface area is 224 Å². The van der Waals surface area contributed by atoms with Crippen LogP contribution in [0, 0.1) is 0 Å². The van der Waals surface area contributed by atoms with Crippen LogP contribution in [0.3, 0.4) is 0 Å². The van der Waals surface area contributed by atoms with Crippen molar-refractivity contribution in [3.05, 3.63) is 109 Å². The molecule has 0 aliphatic rings. The molecule has 0 unspecified atom stereocenters. The van der Waals surface area contributed by atoms with Gasteiger partial charge in [0.15, 0.2) is 0 Å². The van der Waals surface area contributed by atoms with Crippen LogP contribution in [-0.4, -0.2) is 18.2 Å². The molecule has 0 aliphatic heterocycles. The fourth-order valence-corrected chi connectivity index (χ4v) is 63.9. The molecule has 0 N–H and O–H groups in total. The molecule has 168 valence electrons. The van der Waals surface area contributed by atoms with Gasteiger partial charge in [-0.3, -0.25) is 0 Å². The van der Waals surface area contributed by atoms with Crippen molar-refractivity contribution in [1.29, 1.82) is 0 Å². The lowest BCUT2D eigenvalue weighted by Gasteiger charge is -2.42. The summed E-state index contributed by atoms with van der Waals surface area (Å²) in [5, 5.41) is 1.70. The van der Waals surface area contributed by atoms with Crippen molar-refractivity contribution in [1.82, 2.24) is 0 Å². The van der Waals surface area contributed by atoms with Gasteiger partial charge < -0.3 is 0 Å².